The Labute approximate surface area is 223 Å². The number of unbranched alkanes of at least 4 members (excludes halogenated alkanes) is 15. The SMILES string of the molecule is CCCCCCCCCCCCCCCCCCOC[C@H](COP(=O)(O)OCC[N+](C)(C)C)OCC. The molecule has 0 aromatic heterocycles. The quantitative estimate of drug-likeness (QED) is 0.0631. The highest BCUT2D eigenvalue weighted by Crippen LogP contribution is 2.43. The largest absolute Gasteiger partial charge is 0.472 e. The highest BCUT2D eigenvalue weighted by atomic mass is 31.2. The maximum Gasteiger partial charge on any atom is 0.472 e. The lowest BCUT2D eigenvalue weighted by Gasteiger charge is -2.24. The lowest BCUT2D eigenvalue weighted by atomic mass is 10.0. The minimum Gasteiger partial charge on any atom is -0.379 e. The van der Waals surface area contributed by atoms with Crippen LogP contribution in [0.2, 0.25) is 0 Å². The summed E-state index contributed by atoms with van der Waals surface area (Å²) in [7, 11) is 1.90. The Bertz CT molecular complexity index is 515. The predicted molar refractivity (Wildman–Crippen MR) is 150 cm³/mol. The van der Waals surface area contributed by atoms with Crippen molar-refractivity contribution < 1.29 is 32.5 Å². The molecule has 0 aliphatic carbocycles. The fourth-order valence-corrected chi connectivity index (χ4v) is 4.73. The molecular formula is C28H61NO6P+. The predicted octanol–water partition coefficient (Wildman–Crippen LogP) is 7.51. The molecule has 1 unspecified atom stereocenters. The van der Waals surface area contributed by atoms with Crippen LogP contribution in [0, 0.1) is 0 Å². The van der Waals surface area contributed by atoms with Crippen molar-refractivity contribution in [2.45, 2.75) is 123 Å². The third kappa shape index (κ3) is 27.0. The normalized spacial score (nSPS) is 14.7. The maximum absolute atomic E-state index is 12.1. The highest BCUT2D eigenvalue weighted by Gasteiger charge is 2.24. The molecule has 36 heavy (non-hydrogen) atoms. The van der Waals surface area contributed by atoms with Crippen molar-refractivity contribution in [3.63, 3.8) is 0 Å². The van der Waals surface area contributed by atoms with Crippen LogP contribution in [0.15, 0.2) is 0 Å². The first-order valence-corrected chi connectivity index (χ1v) is 16.3. The van der Waals surface area contributed by atoms with Crippen LogP contribution in [0.5, 0.6) is 0 Å². The summed E-state index contributed by atoms with van der Waals surface area (Å²) in [5.41, 5.74) is 0. The molecule has 0 fully saturated rings. The van der Waals surface area contributed by atoms with Gasteiger partial charge in [0, 0.05) is 13.2 Å². The van der Waals surface area contributed by atoms with E-state index in [0.717, 1.165) is 6.42 Å². The van der Waals surface area contributed by atoms with Crippen LogP contribution >= 0.6 is 7.82 Å². The second kappa shape index (κ2) is 24.1. The number of hydrogen-bond donors (Lipinski definition) is 1. The second-order valence-electron chi connectivity index (χ2n) is 11.1. The molecule has 7 nitrogen and oxygen atoms in total. The third-order valence-corrected chi connectivity index (χ3v) is 7.27. The Balaban J connectivity index is 3.59. The van der Waals surface area contributed by atoms with Gasteiger partial charge < -0.3 is 18.9 Å². The number of nitrogens with zero attached hydrogens (tertiary/aromatic N) is 1. The number of rotatable bonds is 28. The molecule has 1 N–H and O–H groups in total. The van der Waals surface area contributed by atoms with Gasteiger partial charge in [-0.15, -0.1) is 0 Å². The van der Waals surface area contributed by atoms with E-state index >= 15 is 0 Å². The molecule has 218 valence electrons. The van der Waals surface area contributed by atoms with E-state index in [1.54, 1.807) is 0 Å². The van der Waals surface area contributed by atoms with Crippen molar-refractivity contribution in [3.8, 4) is 0 Å². The van der Waals surface area contributed by atoms with Gasteiger partial charge in [0.05, 0.1) is 34.4 Å². The van der Waals surface area contributed by atoms with Crippen molar-refractivity contribution in [3.05, 3.63) is 0 Å². The minimum atomic E-state index is -4.08. The summed E-state index contributed by atoms with van der Waals surface area (Å²) >= 11 is 0. The molecule has 0 amide bonds. The highest BCUT2D eigenvalue weighted by molar-refractivity contribution is 7.47. The Hall–Kier alpha value is -0.0100. The number of hydrogen-bond acceptors (Lipinski definition) is 5. The number of likely N-dealkylation sites (N-methyl/N-ethyl adjacent to an activating group) is 1. The van der Waals surface area contributed by atoms with Gasteiger partial charge in [-0.25, -0.2) is 4.57 Å². The van der Waals surface area contributed by atoms with E-state index in [2.05, 4.69) is 6.92 Å². The molecular weight excluding hydrogens is 477 g/mol. The Morgan fingerprint density at radius 2 is 1.14 bits per heavy atom. The van der Waals surface area contributed by atoms with E-state index in [1.807, 2.05) is 28.1 Å². The molecule has 0 radical (unpaired) electrons. The van der Waals surface area contributed by atoms with Crippen molar-refractivity contribution >= 4 is 7.82 Å². The molecule has 0 saturated carbocycles. The average Bonchev–Trinajstić information content (AvgIpc) is 2.80. The maximum atomic E-state index is 12.1. The molecule has 0 spiro atoms. The molecule has 0 heterocycles. The molecule has 2 atom stereocenters. The van der Waals surface area contributed by atoms with E-state index in [-0.39, 0.29) is 19.3 Å². The molecule has 0 aliphatic heterocycles. The summed E-state index contributed by atoms with van der Waals surface area (Å²) in [5.74, 6) is 0. The number of phosphoric ester groups is 1. The molecule has 0 aromatic carbocycles. The van der Waals surface area contributed by atoms with Crippen LogP contribution in [0.3, 0.4) is 0 Å². The fraction of sp³-hybridized carbons (Fsp3) is 1.00. The van der Waals surface area contributed by atoms with Gasteiger partial charge in [0.25, 0.3) is 0 Å². The van der Waals surface area contributed by atoms with E-state index < -0.39 is 7.82 Å². The van der Waals surface area contributed by atoms with Crippen molar-refractivity contribution in [1.29, 1.82) is 0 Å². The van der Waals surface area contributed by atoms with Gasteiger partial charge >= 0.3 is 7.82 Å². The molecule has 0 aliphatic rings. The van der Waals surface area contributed by atoms with Crippen molar-refractivity contribution in [2.75, 3.05) is 60.7 Å². The first kappa shape index (κ1) is 36.0. The lowest BCUT2D eigenvalue weighted by Crippen LogP contribution is -2.37. The van der Waals surface area contributed by atoms with E-state index in [1.165, 1.54) is 96.3 Å². The summed E-state index contributed by atoms with van der Waals surface area (Å²) in [6.07, 6.45) is 21.2. The molecule has 0 bridgehead atoms. The lowest BCUT2D eigenvalue weighted by molar-refractivity contribution is -0.870. The van der Waals surface area contributed by atoms with Gasteiger partial charge in [0.1, 0.15) is 19.3 Å². The Morgan fingerprint density at radius 1 is 0.667 bits per heavy atom. The summed E-state index contributed by atoms with van der Waals surface area (Å²) in [4.78, 5) is 9.86. The topological polar surface area (TPSA) is 74.2 Å². The van der Waals surface area contributed by atoms with Gasteiger partial charge in [-0.3, -0.25) is 9.05 Å². The standard InChI is InChI=1S/C28H60NO6P/c1-6-8-9-10-11-12-13-14-15-16-17-18-19-20-21-22-24-32-26-28(33-7-2)27-35-36(30,31)34-25-23-29(3,4)5/h28H,6-27H2,1-5H3/p+1/t28-/m1/s1. The summed E-state index contributed by atoms with van der Waals surface area (Å²) in [6, 6.07) is 0. The van der Waals surface area contributed by atoms with Gasteiger partial charge in [0.15, 0.2) is 0 Å². The van der Waals surface area contributed by atoms with Crippen LogP contribution in [0.25, 0.3) is 0 Å². The monoisotopic (exact) mass is 538 g/mol. The van der Waals surface area contributed by atoms with Gasteiger partial charge in [-0.1, -0.05) is 103 Å². The Kier molecular flexibility index (Phi) is 24.1. The van der Waals surface area contributed by atoms with Gasteiger partial charge in [0.2, 0.25) is 0 Å². The fourth-order valence-electron chi connectivity index (χ4n) is 3.99. The van der Waals surface area contributed by atoms with Gasteiger partial charge in [-0.05, 0) is 13.3 Å². The zero-order valence-corrected chi connectivity index (χ0v) is 25.4. The van der Waals surface area contributed by atoms with Crippen LogP contribution < -0.4 is 0 Å². The smallest absolute Gasteiger partial charge is 0.379 e. The van der Waals surface area contributed by atoms with E-state index in [9.17, 15) is 9.46 Å². The first-order valence-electron chi connectivity index (χ1n) is 14.8. The summed E-state index contributed by atoms with van der Waals surface area (Å²) in [6.45, 7) is 6.44. The number of ether oxygens (including phenoxy) is 2. The van der Waals surface area contributed by atoms with E-state index in [0.29, 0.717) is 30.8 Å². The molecule has 0 saturated heterocycles. The Morgan fingerprint density at radius 3 is 1.58 bits per heavy atom. The molecule has 0 rings (SSSR count). The van der Waals surface area contributed by atoms with Crippen LogP contribution in [0.4, 0.5) is 0 Å². The van der Waals surface area contributed by atoms with Gasteiger partial charge in [-0.2, -0.15) is 0 Å². The summed E-state index contributed by atoms with van der Waals surface area (Å²) in [5, 5.41) is 0. The van der Waals surface area contributed by atoms with Crippen molar-refractivity contribution in [1.82, 2.24) is 0 Å². The molecule has 0 aromatic rings. The summed E-state index contributed by atoms with van der Waals surface area (Å²) < 4.78 is 34.2. The average molecular weight is 539 g/mol. The first-order chi connectivity index (χ1) is 17.2. The number of phosphoric acid groups is 1. The molecule has 8 heteroatoms. The van der Waals surface area contributed by atoms with Crippen LogP contribution in [0.1, 0.15) is 117 Å². The minimum absolute atomic E-state index is 0.0229. The van der Waals surface area contributed by atoms with Crippen LogP contribution in [-0.4, -0.2) is 76.2 Å². The zero-order valence-electron chi connectivity index (χ0n) is 24.5. The van der Waals surface area contributed by atoms with E-state index in [4.69, 9.17) is 18.5 Å². The third-order valence-electron chi connectivity index (χ3n) is 6.29. The van der Waals surface area contributed by atoms with Crippen LogP contribution in [-0.2, 0) is 23.1 Å². The number of quaternary nitrogens is 1. The second-order valence-corrected chi connectivity index (χ2v) is 12.5. The van der Waals surface area contributed by atoms with Crippen molar-refractivity contribution in [2.24, 2.45) is 0 Å². The zero-order chi connectivity index (χ0) is 27.0.